The van der Waals surface area contributed by atoms with Gasteiger partial charge in [0.1, 0.15) is 0 Å². The van der Waals surface area contributed by atoms with Gasteiger partial charge in [0.15, 0.2) is 0 Å². The van der Waals surface area contributed by atoms with Gasteiger partial charge in [-0.05, 0) is 0 Å². The van der Waals surface area contributed by atoms with E-state index in [4.69, 9.17) is 4.74 Å². The summed E-state index contributed by atoms with van der Waals surface area (Å²) in [6, 6.07) is 0. The quantitative estimate of drug-likeness (QED) is 0.496. The van der Waals surface area contributed by atoms with Crippen LogP contribution in [0.4, 0.5) is 0 Å². The summed E-state index contributed by atoms with van der Waals surface area (Å²) in [6.45, 7) is 3.35. The molecule has 16 heavy (non-hydrogen) atoms. The van der Waals surface area contributed by atoms with Gasteiger partial charge in [-0.25, -0.2) is 0 Å². The molecule has 1 rings (SSSR count). The smallest absolute Gasteiger partial charge is 0.412 e. The molecule has 1 aliphatic rings. The SMILES string of the molecule is CCCCCCC[CH2][SnH][CH]1CCCCO1.O. The Kier molecular flexibility index (Phi) is 12.7. The Morgan fingerprint density at radius 1 is 1.06 bits per heavy atom. The Hall–Kier alpha value is 0.719. The zero-order chi connectivity index (χ0) is 10.8. The normalized spacial score (nSPS) is 20.4. The number of unbranched alkanes of at least 4 members (excludes halogenated alkanes) is 5. The summed E-state index contributed by atoms with van der Waals surface area (Å²) >= 11 is -0.341. The number of hydrogen-bond acceptors (Lipinski definition) is 1. The average molecular weight is 336 g/mol. The molecule has 1 fully saturated rings. The van der Waals surface area contributed by atoms with Crippen LogP contribution >= 0.6 is 0 Å². The van der Waals surface area contributed by atoms with Crippen molar-refractivity contribution in [1.29, 1.82) is 0 Å². The second-order valence-electron chi connectivity index (χ2n) is 4.70. The molecular formula is C13H29O2Sn. The van der Waals surface area contributed by atoms with Crippen molar-refractivity contribution in [3.8, 4) is 0 Å². The van der Waals surface area contributed by atoms with Crippen molar-refractivity contribution in [2.45, 2.75) is 73.3 Å². The second-order valence-corrected chi connectivity index (χ2v) is 9.81. The van der Waals surface area contributed by atoms with Crippen LogP contribution in [0.3, 0.4) is 0 Å². The van der Waals surface area contributed by atoms with E-state index in [2.05, 4.69) is 6.92 Å². The Morgan fingerprint density at radius 2 is 1.81 bits per heavy atom. The molecule has 1 saturated heterocycles. The van der Waals surface area contributed by atoms with Crippen LogP contribution in [0.25, 0.3) is 0 Å². The van der Waals surface area contributed by atoms with Crippen molar-refractivity contribution in [3.05, 3.63) is 0 Å². The van der Waals surface area contributed by atoms with Gasteiger partial charge in [0.25, 0.3) is 0 Å². The molecule has 0 amide bonds. The molecule has 97 valence electrons. The van der Waals surface area contributed by atoms with Gasteiger partial charge in [-0.1, -0.05) is 0 Å². The van der Waals surface area contributed by atoms with E-state index in [1.165, 1.54) is 57.8 Å². The maximum absolute atomic E-state index is 5.81. The van der Waals surface area contributed by atoms with Crippen molar-refractivity contribution in [3.63, 3.8) is 0 Å². The first kappa shape index (κ1) is 16.7. The minimum absolute atomic E-state index is 0. The molecule has 0 bridgehead atoms. The van der Waals surface area contributed by atoms with E-state index >= 15 is 0 Å². The van der Waals surface area contributed by atoms with Crippen molar-refractivity contribution in [2.75, 3.05) is 6.61 Å². The Balaban J connectivity index is 0.00000225. The summed E-state index contributed by atoms with van der Waals surface area (Å²) in [5, 5.41) is 0. The Morgan fingerprint density at radius 3 is 2.50 bits per heavy atom. The molecule has 0 aromatic rings. The average Bonchev–Trinajstić information content (AvgIpc) is 2.29. The van der Waals surface area contributed by atoms with Crippen LogP contribution in [0.2, 0.25) is 4.44 Å². The second kappa shape index (κ2) is 12.2. The monoisotopic (exact) mass is 337 g/mol. The largest absolute Gasteiger partial charge is 0.412 e. The van der Waals surface area contributed by atoms with Crippen LogP contribution in [0.15, 0.2) is 0 Å². The first-order chi connectivity index (χ1) is 7.43. The number of ether oxygens (including phenoxy) is 1. The molecule has 0 aromatic carbocycles. The predicted octanol–water partition coefficient (Wildman–Crippen LogP) is 2.90. The fraction of sp³-hybridized carbons (Fsp3) is 1.00. The van der Waals surface area contributed by atoms with Crippen molar-refractivity contribution in [1.82, 2.24) is 0 Å². The summed E-state index contributed by atoms with van der Waals surface area (Å²) in [5.41, 5.74) is 0. The van der Waals surface area contributed by atoms with Gasteiger partial charge in [-0.2, -0.15) is 0 Å². The molecule has 0 saturated carbocycles. The van der Waals surface area contributed by atoms with Crippen molar-refractivity contribution < 1.29 is 10.2 Å². The summed E-state index contributed by atoms with van der Waals surface area (Å²) in [5.74, 6) is 0. The molecule has 0 spiro atoms. The van der Waals surface area contributed by atoms with Crippen LogP contribution in [0, 0.1) is 0 Å². The van der Waals surface area contributed by atoms with Crippen molar-refractivity contribution >= 4 is 21.1 Å². The first-order valence-electron chi connectivity index (χ1n) is 6.88. The molecule has 1 aliphatic heterocycles. The van der Waals surface area contributed by atoms with E-state index in [0.717, 1.165) is 10.7 Å². The molecule has 0 aliphatic carbocycles. The first-order valence-corrected chi connectivity index (χ1v) is 11.1. The van der Waals surface area contributed by atoms with Crippen LogP contribution in [0.5, 0.6) is 0 Å². The number of hydrogen-bond donors (Lipinski definition) is 0. The molecule has 1 unspecified atom stereocenters. The minimum Gasteiger partial charge on any atom is -0.412 e. The van der Waals surface area contributed by atoms with E-state index in [-0.39, 0.29) is 26.6 Å². The summed E-state index contributed by atoms with van der Waals surface area (Å²) < 4.78 is 8.18. The molecule has 0 aromatic heterocycles. The van der Waals surface area contributed by atoms with Gasteiger partial charge in [0.05, 0.1) is 0 Å². The van der Waals surface area contributed by atoms with Gasteiger partial charge in [-0.15, -0.1) is 0 Å². The van der Waals surface area contributed by atoms with Gasteiger partial charge < -0.3 is 5.48 Å². The maximum atomic E-state index is 5.81. The van der Waals surface area contributed by atoms with E-state index < -0.39 is 0 Å². The fourth-order valence-electron chi connectivity index (χ4n) is 2.18. The van der Waals surface area contributed by atoms with Crippen LogP contribution in [-0.4, -0.2) is 37.3 Å². The van der Waals surface area contributed by atoms with Crippen LogP contribution in [0.1, 0.15) is 64.7 Å². The molecule has 1 heterocycles. The summed E-state index contributed by atoms with van der Waals surface area (Å²) in [6.07, 6.45) is 12.9. The fourth-order valence-corrected chi connectivity index (χ4v) is 6.86. The van der Waals surface area contributed by atoms with E-state index in [9.17, 15) is 0 Å². The van der Waals surface area contributed by atoms with Crippen LogP contribution in [-0.2, 0) is 4.74 Å². The molecule has 2 N–H and O–H groups in total. The van der Waals surface area contributed by atoms with E-state index in [0.29, 0.717) is 0 Å². The van der Waals surface area contributed by atoms with E-state index in [1.54, 1.807) is 4.44 Å². The molecule has 3 heteroatoms. The zero-order valence-corrected chi connectivity index (χ0v) is 14.1. The third-order valence-corrected chi connectivity index (χ3v) is 8.32. The zero-order valence-electron chi connectivity index (χ0n) is 10.8. The summed E-state index contributed by atoms with van der Waals surface area (Å²) in [4.78, 5) is 0. The topological polar surface area (TPSA) is 40.7 Å². The molecule has 1 radical (unpaired) electrons. The molecule has 1 atom stereocenters. The standard InChI is InChI=1S/C8H17.C5H9O.H2O.Sn.H/c1-3-5-7-8-6-4-2;1-2-4-6-5-3-1;;;/h1,3-8H2,2H3;4H,1-3,5H2;1H2;;. The van der Waals surface area contributed by atoms with Crippen LogP contribution < -0.4 is 0 Å². The predicted molar refractivity (Wildman–Crippen MR) is 72.5 cm³/mol. The number of rotatable bonds is 8. The third kappa shape index (κ3) is 8.82. The molecule has 2 nitrogen and oxygen atoms in total. The maximum Gasteiger partial charge on any atom is -0.412 e. The third-order valence-electron chi connectivity index (χ3n) is 3.20. The Labute approximate surface area is 111 Å². The Bertz CT molecular complexity index is 136. The minimum atomic E-state index is -0.341. The summed E-state index contributed by atoms with van der Waals surface area (Å²) in [7, 11) is 0. The van der Waals surface area contributed by atoms with Gasteiger partial charge in [-0.3, -0.25) is 0 Å². The van der Waals surface area contributed by atoms with Gasteiger partial charge in [0.2, 0.25) is 0 Å². The van der Waals surface area contributed by atoms with E-state index in [1.807, 2.05) is 0 Å². The van der Waals surface area contributed by atoms with Crippen molar-refractivity contribution in [2.24, 2.45) is 0 Å². The molecular weight excluding hydrogens is 307 g/mol. The van der Waals surface area contributed by atoms with Gasteiger partial charge >= 0.3 is 106 Å². The van der Waals surface area contributed by atoms with Gasteiger partial charge in [0, 0.05) is 0 Å².